The largest absolute Gasteiger partial charge is 0.481 e. The molecule has 1 aromatic rings. The number of rotatable bonds is 4. The van der Waals surface area contributed by atoms with Crippen molar-refractivity contribution in [2.45, 2.75) is 17.9 Å². The van der Waals surface area contributed by atoms with Gasteiger partial charge in [0, 0.05) is 31.1 Å². The van der Waals surface area contributed by atoms with Crippen LogP contribution in [0.15, 0.2) is 29.2 Å². The zero-order valence-electron chi connectivity index (χ0n) is 12.3. The highest BCUT2D eigenvalue weighted by molar-refractivity contribution is 7.98. The van der Waals surface area contributed by atoms with Gasteiger partial charge in [0.25, 0.3) is 5.91 Å². The van der Waals surface area contributed by atoms with Crippen LogP contribution in [0.25, 0.3) is 0 Å². The topological polar surface area (TPSA) is 32.8 Å². The molecule has 1 aliphatic rings. The summed E-state index contributed by atoms with van der Waals surface area (Å²) in [5.41, 5.74) is 0. The van der Waals surface area contributed by atoms with Crippen molar-refractivity contribution in [3.8, 4) is 5.75 Å². The summed E-state index contributed by atoms with van der Waals surface area (Å²) >= 11 is 1.69. The van der Waals surface area contributed by atoms with E-state index in [4.69, 9.17) is 4.74 Å². The molecule has 0 unspecified atom stereocenters. The van der Waals surface area contributed by atoms with Crippen LogP contribution in [0.2, 0.25) is 0 Å². The Labute approximate surface area is 125 Å². The highest BCUT2D eigenvalue weighted by atomic mass is 32.2. The fourth-order valence-corrected chi connectivity index (χ4v) is 2.60. The van der Waals surface area contributed by atoms with E-state index in [-0.39, 0.29) is 5.91 Å². The second kappa shape index (κ2) is 6.99. The Kier molecular flexibility index (Phi) is 5.31. The SMILES string of the molecule is CSc1ccc(O[C@H](C)C(=O)N2CCN(C)CC2)cc1. The minimum absolute atomic E-state index is 0.0760. The number of ether oxygens (including phenoxy) is 1. The van der Waals surface area contributed by atoms with Gasteiger partial charge in [-0.05, 0) is 44.5 Å². The van der Waals surface area contributed by atoms with Gasteiger partial charge in [0.15, 0.2) is 6.10 Å². The maximum atomic E-state index is 12.3. The van der Waals surface area contributed by atoms with Gasteiger partial charge in [-0.1, -0.05) is 0 Å². The average molecular weight is 294 g/mol. The summed E-state index contributed by atoms with van der Waals surface area (Å²) in [6, 6.07) is 7.85. The Morgan fingerprint density at radius 1 is 1.20 bits per heavy atom. The smallest absolute Gasteiger partial charge is 0.263 e. The first-order chi connectivity index (χ1) is 9.60. The van der Waals surface area contributed by atoms with E-state index in [1.54, 1.807) is 11.8 Å². The van der Waals surface area contributed by atoms with Gasteiger partial charge in [0.2, 0.25) is 0 Å². The lowest BCUT2D eigenvalue weighted by atomic mass is 10.2. The Bertz CT molecular complexity index is 442. The van der Waals surface area contributed by atoms with Crippen LogP contribution in [-0.4, -0.2) is 61.3 Å². The molecular formula is C15H22N2O2S. The molecule has 1 saturated heterocycles. The van der Waals surface area contributed by atoms with Crippen LogP contribution >= 0.6 is 11.8 Å². The predicted octanol–water partition coefficient (Wildman–Crippen LogP) is 1.95. The summed E-state index contributed by atoms with van der Waals surface area (Å²) in [6.45, 7) is 5.26. The second-order valence-corrected chi connectivity index (χ2v) is 5.94. The number of benzene rings is 1. The number of nitrogens with zero attached hydrogens (tertiary/aromatic N) is 2. The summed E-state index contributed by atoms with van der Waals surface area (Å²) in [4.78, 5) is 17.6. The number of thioether (sulfide) groups is 1. The van der Waals surface area contributed by atoms with Crippen LogP contribution in [0.4, 0.5) is 0 Å². The molecule has 0 radical (unpaired) electrons. The zero-order valence-corrected chi connectivity index (χ0v) is 13.2. The third-order valence-corrected chi connectivity index (χ3v) is 4.28. The van der Waals surface area contributed by atoms with E-state index in [0.29, 0.717) is 0 Å². The normalized spacial score (nSPS) is 17.9. The number of hydrogen-bond acceptors (Lipinski definition) is 4. The molecule has 1 fully saturated rings. The second-order valence-electron chi connectivity index (χ2n) is 5.06. The molecule has 1 atom stereocenters. The highest BCUT2D eigenvalue weighted by Crippen LogP contribution is 2.20. The van der Waals surface area contributed by atoms with Crippen molar-refractivity contribution in [2.75, 3.05) is 39.5 Å². The van der Waals surface area contributed by atoms with Crippen molar-refractivity contribution in [1.82, 2.24) is 9.80 Å². The van der Waals surface area contributed by atoms with E-state index in [1.165, 1.54) is 4.90 Å². The molecule has 1 aliphatic heterocycles. The molecule has 2 rings (SSSR count). The highest BCUT2D eigenvalue weighted by Gasteiger charge is 2.24. The number of carbonyl (C=O) groups is 1. The molecule has 5 heteroatoms. The van der Waals surface area contributed by atoms with Crippen molar-refractivity contribution in [1.29, 1.82) is 0 Å². The first-order valence-corrected chi connectivity index (χ1v) is 8.10. The van der Waals surface area contributed by atoms with Crippen LogP contribution in [-0.2, 0) is 4.79 Å². The quantitative estimate of drug-likeness (QED) is 0.795. The molecule has 1 heterocycles. The van der Waals surface area contributed by atoms with Gasteiger partial charge in [0.05, 0.1) is 0 Å². The Balaban J connectivity index is 1.89. The molecule has 0 saturated carbocycles. The van der Waals surface area contributed by atoms with E-state index in [1.807, 2.05) is 42.3 Å². The number of likely N-dealkylation sites (N-methyl/N-ethyl adjacent to an activating group) is 1. The maximum absolute atomic E-state index is 12.3. The standard InChI is InChI=1S/C15H22N2O2S/c1-12(15(18)17-10-8-16(2)9-11-17)19-13-4-6-14(20-3)7-5-13/h4-7,12H,8-11H2,1-3H3/t12-/m1/s1. The fourth-order valence-electron chi connectivity index (χ4n) is 2.19. The first kappa shape index (κ1) is 15.2. The molecular weight excluding hydrogens is 272 g/mol. The Morgan fingerprint density at radius 2 is 1.80 bits per heavy atom. The molecule has 0 spiro atoms. The molecule has 0 N–H and O–H groups in total. The number of amides is 1. The zero-order chi connectivity index (χ0) is 14.5. The number of hydrogen-bond donors (Lipinski definition) is 0. The van der Waals surface area contributed by atoms with E-state index in [0.717, 1.165) is 31.9 Å². The molecule has 0 aliphatic carbocycles. The van der Waals surface area contributed by atoms with Crippen LogP contribution < -0.4 is 4.74 Å². The van der Waals surface area contributed by atoms with Crippen LogP contribution in [0.1, 0.15) is 6.92 Å². The van der Waals surface area contributed by atoms with Gasteiger partial charge in [-0.25, -0.2) is 0 Å². The third-order valence-electron chi connectivity index (χ3n) is 3.54. The van der Waals surface area contributed by atoms with Gasteiger partial charge >= 0.3 is 0 Å². The monoisotopic (exact) mass is 294 g/mol. The molecule has 20 heavy (non-hydrogen) atoms. The molecule has 1 aromatic carbocycles. The maximum Gasteiger partial charge on any atom is 0.263 e. The van der Waals surface area contributed by atoms with E-state index >= 15 is 0 Å². The van der Waals surface area contributed by atoms with Gasteiger partial charge in [-0.2, -0.15) is 0 Å². The van der Waals surface area contributed by atoms with Crippen molar-refractivity contribution in [2.24, 2.45) is 0 Å². The average Bonchev–Trinajstić information content (AvgIpc) is 2.48. The van der Waals surface area contributed by atoms with Crippen molar-refractivity contribution in [3.63, 3.8) is 0 Å². The summed E-state index contributed by atoms with van der Waals surface area (Å²) in [5, 5.41) is 0. The Hall–Kier alpha value is -1.20. The van der Waals surface area contributed by atoms with Gasteiger partial charge < -0.3 is 14.5 Å². The first-order valence-electron chi connectivity index (χ1n) is 6.88. The van der Waals surface area contributed by atoms with Gasteiger partial charge in [-0.3, -0.25) is 4.79 Å². The third kappa shape index (κ3) is 3.90. The van der Waals surface area contributed by atoms with E-state index in [2.05, 4.69) is 11.9 Å². The molecule has 110 valence electrons. The van der Waals surface area contributed by atoms with Crippen LogP contribution in [0.3, 0.4) is 0 Å². The minimum atomic E-state index is -0.432. The lowest BCUT2D eigenvalue weighted by molar-refractivity contribution is -0.139. The lowest BCUT2D eigenvalue weighted by Crippen LogP contribution is -2.50. The summed E-state index contributed by atoms with van der Waals surface area (Å²) in [7, 11) is 2.08. The van der Waals surface area contributed by atoms with Crippen LogP contribution in [0.5, 0.6) is 5.75 Å². The lowest BCUT2D eigenvalue weighted by Gasteiger charge is -2.33. The summed E-state index contributed by atoms with van der Waals surface area (Å²) in [5.74, 6) is 0.824. The van der Waals surface area contributed by atoms with E-state index < -0.39 is 6.10 Å². The van der Waals surface area contributed by atoms with E-state index in [9.17, 15) is 4.79 Å². The number of carbonyl (C=O) groups excluding carboxylic acids is 1. The molecule has 4 nitrogen and oxygen atoms in total. The molecule has 0 bridgehead atoms. The molecule has 0 aromatic heterocycles. The van der Waals surface area contributed by atoms with Crippen molar-refractivity contribution in [3.05, 3.63) is 24.3 Å². The Morgan fingerprint density at radius 3 is 2.35 bits per heavy atom. The summed E-state index contributed by atoms with van der Waals surface area (Å²) in [6.07, 6.45) is 1.61. The fraction of sp³-hybridized carbons (Fsp3) is 0.533. The minimum Gasteiger partial charge on any atom is -0.481 e. The number of piperazine rings is 1. The van der Waals surface area contributed by atoms with Crippen molar-refractivity contribution < 1.29 is 9.53 Å². The predicted molar refractivity (Wildman–Crippen MR) is 82.4 cm³/mol. The van der Waals surface area contributed by atoms with Crippen LogP contribution in [0, 0.1) is 0 Å². The summed E-state index contributed by atoms with van der Waals surface area (Å²) < 4.78 is 5.74. The van der Waals surface area contributed by atoms with Gasteiger partial charge in [-0.15, -0.1) is 11.8 Å². The van der Waals surface area contributed by atoms with Crippen molar-refractivity contribution >= 4 is 17.7 Å². The van der Waals surface area contributed by atoms with Gasteiger partial charge in [0.1, 0.15) is 5.75 Å². The molecule has 1 amide bonds.